The normalized spacial score (nSPS) is 23.5. The number of rotatable bonds is 3. The molecule has 1 fully saturated rings. The van der Waals surface area contributed by atoms with E-state index < -0.39 is 27.3 Å². The maximum atomic E-state index is 13.2. The number of nitrogens with one attached hydrogen (secondary N) is 2. The lowest BCUT2D eigenvalue weighted by molar-refractivity contribution is -0.120. The Morgan fingerprint density at radius 3 is 2.68 bits per heavy atom. The van der Waals surface area contributed by atoms with E-state index in [0.29, 0.717) is 5.56 Å². The molecular formula is C23H21N3O4S. The molecule has 3 N–H and O–H groups in total. The topological polar surface area (TPSA) is 104 Å². The zero-order valence-corrected chi connectivity index (χ0v) is 17.4. The largest absolute Gasteiger partial charge is 0.361 e. The van der Waals surface area contributed by atoms with Crippen molar-refractivity contribution in [1.82, 2.24) is 14.9 Å². The van der Waals surface area contributed by atoms with E-state index in [9.17, 15) is 17.8 Å². The van der Waals surface area contributed by atoms with Crippen LogP contribution in [-0.2, 0) is 27.9 Å². The molecular weight excluding hydrogens is 414 g/mol. The van der Waals surface area contributed by atoms with E-state index >= 15 is 0 Å². The molecule has 0 spiro atoms. The van der Waals surface area contributed by atoms with E-state index in [-0.39, 0.29) is 5.91 Å². The highest BCUT2D eigenvalue weighted by molar-refractivity contribution is 7.86. The lowest BCUT2D eigenvalue weighted by Gasteiger charge is -2.20. The van der Waals surface area contributed by atoms with Crippen molar-refractivity contribution in [1.29, 1.82) is 0 Å². The molecule has 158 valence electrons. The van der Waals surface area contributed by atoms with Crippen molar-refractivity contribution in [3.8, 4) is 0 Å². The molecule has 0 bridgehead atoms. The third kappa shape index (κ3) is 2.68. The minimum atomic E-state index is -4.52. The number of hydrogen-bond acceptors (Lipinski definition) is 3. The summed E-state index contributed by atoms with van der Waals surface area (Å²) in [7, 11) is -4.52. The van der Waals surface area contributed by atoms with Crippen LogP contribution in [0.15, 0.2) is 54.9 Å². The maximum Gasteiger partial charge on any atom is 0.286 e. The predicted octanol–water partition coefficient (Wildman–Crippen LogP) is 3.28. The van der Waals surface area contributed by atoms with Crippen LogP contribution in [0.4, 0.5) is 0 Å². The summed E-state index contributed by atoms with van der Waals surface area (Å²) in [6.07, 6.45) is 5.75. The van der Waals surface area contributed by atoms with Gasteiger partial charge >= 0.3 is 0 Å². The van der Waals surface area contributed by atoms with Crippen LogP contribution in [0.3, 0.4) is 0 Å². The SMILES string of the molecule is O=C1NC(S(=O)(=O)O)[C@@H](c2c[nH]c3ccccc23)[C@@H]1c1cn2c3c(cccc13)CCC2. The minimum absolute atomic E-state index is 0.387. The Balaban J connectivity index is 1.61. The molecule has 1 saturated heterocycles. The number of benzene rings is 2. The van der Waals surface area contributed by atoms with Crippen molar-refractivity contribution in [3.63, 3.8) is 0 Å². The summed E-state index contributed by atoms with van der Waals surface area (Å²) >= 11 is 0. The van der Waals surface area contributed by atoms with Crippen LogP contribution in [0.1, 0.15) is 34.9 Å². The Morgan fingerprint density at radius 1 is 1.03 bits per heavy atom. The monoisotopic (exact) mass is 435 g/mol. The fourth-order valence-electron chi connectivity index (χ4n) is 5.50. The highest BCUT2D eigenvalue weighted by atomic mass is 32.2. The summed E-state index contributed by atoms with van der Waals surface area (Å²) in [5.74, 6) is -1.88. The average Bonchev–Trinajstić information content (AvgIpc) is 3.42. The quantitative estimate of drug-likeness (QED) is 0.430. The van der Waals surface area contributed by atoms with Crippen molar-refractivity contribution < 1.29 is 17.8 Å². The molecule has 8 heteroatoms. The van der Waals surface area contributed by atoms with E-state index in [0.717, 1.165) is 46.8 Å². The van der Waals surface area contributed by atoms with E-state index in [1.807, 2.05) is 42.6 Å². The van der Waals surface area contributed by atoms with Gasteiger partial charge in [0.2, 0.25) is 5.91 Å². The molecule has 1 unspecified atom stereocenters. The highest BCUT2D eigenvalue weighted by Gasteiger charge is 2.51. The van der Waals surface area contributed by atoms with Crippen molar-refractivity contribution in [2.45, 2.75) is 36.6 Å². The smallest absolute Gasteiger partial charge is 0.286 e. The van der Waals surface area contributed by atoms with Gasteiger partial charge in [0.15, 0.2) is 5.37 Å². The first kappa shape index (κ1) is 18.7. The number of H-pyrrole nitrogens is 1. The zero-order valence-electron chi connectivity index (χ0n) is 16.6. The van der Waals surface area contributed by atoms with Crippen molar-refractivity contribution >= 4 is 37.8 Å². The van der Waals surface area contributed by atoms with Crippen molar-refractivity contribution in [3.05, 3.63) is 71.5 Å². The zero-order chi connectivity index (χ0) is 21.3. The number of para-hydroxylation sites is 2. The standard InChI is InChI=1S/C23H21N3O4S/c27-22-19(17-12-26-10-4-6-13-5-3-8-15(17)21(13)26)20(23(25-22)31(28,29)30)16-11-24-18-9-2-1-7-14(16)18/h1-3,5,7-9,11-12,19-20,23-24H,4,6,10H2,(H,25,27)(H,28,29,30)/t19-,20-,23?/m0/s1. The van der Waals surface area contributed by atoms with Gasteiger partial charge in [-0.15, -0.1) is 0 Å². The molecule has 0 radical (unpaired) electrons. The van der Waals surface area contributed by atoms with Crippen LogP contribution in [0, 0.1) is 0 Å². The van der Waals surface area contributed by atoms with Crippen LogP contribution in [0.2, 0.25) is 0 Å². The number of hydrogen-bond donors (Lipinski definition) is 3. The molecule has 31 heavy (non-hydrogen) atoms. The summed E-state index contributed by atoms with van der Waals surface area (Å²) in [5, 5.41) is 2.98. The second-order valence-electron chi connectivity index (χ2n) is 8.43. The van der Waals surface area contributed by atoms with Crippen LogP contribution in [0.5, 0.6) is 0 Å². The first-order valence-electron chi connectivity index (χ1n) is 10.4. The summed E-state index contributed by atoms with van der Waals surface area (Å²) in [5.41, 5.74) is 4.71. The van der Waals surface area contributed by atoms with Crippen molar-refractivity contribution in [2.24, 2.45) is 0 Å². The van der Waals surface area contributed by atoms with Crippen molar-refractivity contribution in [2.75, 3.05) is 0 Å². The highest BCUT2D eigenvalue weighted by Crippen LogP contribution is 2.47. The molecule has 2 aromatic heterocycles. The van der Waals surface area contributed by atoms with Gasteiger partial charge in [0, 0.05) is 41.1 Å². The van der Waals surface area contributed by atoms with Crippen LogP contribution in [-0.4, -0.2) is 33.8 Å². The lowest BCUT2D eigenvalue weighted by atomic mass is 9.83. The number of fused-ring (bicyclic) bond motifs is 1. The Bertz CT molecular complexity index is 1470. The summed E-state index contributed by atoms with van der Waals surface area (Å²) < 4.78 is 36.8. The lowest BCUT2D eigenvalue weighted by Crippen LogP contribution is -2.35. The third-order valence-corrected chi connectivity index (χ3v) is 7.80. The van der Waals surface area contributed by atoms with E-state index in [2.05, 4.69) is 20.9 Å². The number of aromatic amines is 1. The van der Waals surface area contributed by atoms with E-state index in [1.165, 1.54) is 5.56 Å². The Morgan fingerprint density at radius 2 is 1.84 bits per heavy atom. The van der Waals surface area contributed by atoms with E-state index in [4.69, 9.17) is 0 Å². The number of amides is 1. The number of aromatic nitrogens is 2. The number of aryl methyl sites for hydroxylation is 2. The summed E-state index contributed by atoms with van der Waals surface area (Å²) in [6.45, 7) is 0.862. The molecule has 6 rings (SSSR count). The maximum absolute atomic E-state index is 13.2. The molecule has 2 aromatic carbocycles. The number of carbonyl (C=O) groups is 1. The molecule has 4 heterocycles. The predicted molar refractivity (Wildman–Crippen MR) is 118 cm³/mol. The van der Waals surface area contributed by atoms with Crippen LogP contribution < -0.4 is 5.32 Å². The van der Waals surface area contributed by atoms with Gasteiger partial charge in [0.25, 0.3) is 10.1 Å². The molecule has 2 aliphatic rings. The van der Waals surface area contributed by atoms with Gasteiger partial charge in [-0.1, -0.05) is 36.4 Å². The Kier molecular flexibility index (Phi) is 3.88. The van der Waals surface area contributed by atoms with Gasteiger partial charge in [0.1, 0.15) is 0 Å². The fraction of sp³-hybridized carbons (Fsp3) is 0.261. The Hall–Kier alpha value is -3.10. The van der Waals surface area contributed by atoms with Gasteiger partial charge in [-0.05, 0) is 35.6 Å². The Labute approximate surface area is 178 Å². The first-order valence-corrected chi connectivity index (χ1v) is 11.9. The molecule has 2 aliphatic heterocycles. The second-order valence-corrected chi connectivity index (χ2v) is 9.97. The molecule has 1 amide bonds. The molecule has 0 saturated carbocycles. The molecule has 4 aromatic rings. The molecule has 7 nitrogen and oxygen atoms in total. The van der Waals surface area contributed by atoms with E-state index in [1.54, 1.807) is 6.20 Å². The second kappa shape index (κ2) is 6.45. The molecule has 0 aliphatic carbocycles. The van der Waals surface area contributed by atoms with Gasteiger partial charge < -0.3 is 14.9 Å². The summed E-state index contributed by atoms with van der Waals surface area (Å²) in [6, 6.07) is 13.7. The van der Waals surface area contributed by atoms with Gasteiger partial charge in [-0.2, -0.15) is 8.42 Å². The fourth-order valence-corrected chi connectivity index (χ4v) is 6.44. The van der Waals surface area contributed by atoms with Crippen LogP contribution >= 0.6 is 0 Å². The summed E-state index contributed by atoms with van der Waals surface area (Å²) in [4.78, 5) is 16.4. The average molecular weight is 436 g/mol. The van der Waals surface area contributed by atoms with Gasteiger partial charge in [-0.25, -0.2) is 0 Å². The number of nitrogens with zero attached hydrogens (tertiary/aromatic N) is 1. The minimum Gasteiger partial charge on any atom is -0.361 e. The third-order valence-electron chi connectivity index (χ3n) is 6.75. The number of carbonyl (C=O) groups excluding carboxylic acids is 1. The van der Waals surface area contributed by atoms with Gasteiger partial charge in [-0.3, -0.25) is 9.35 Å². The van der Waals surface area contributed by atoms with Gasteiger partial charge in [0.05, 0.1) is 11.4 Å². The van der Waals surface area contributed by atoms with Crippen LogP contribution in [0.25, 0.3) is 21.8 Å². The molecule has 3 atom stereocenters. The first-order chi connectivity index (χ1) is 14.9.